The van der Waals surface area contributed by atoms with Gasteiger partial charge in [0, 0.05) is 49.9 Å². The summed E-state index contributed by atoms with van der Waals surface area (Å²) < 4.78 is 0. The van der Waals surface area contributed by atoms with E-state index in [-0.39, 0.29) is 18.4 Å². The molecule has 2 aromatic carbocycles. The van der Waals surface area contributed by atoms with E-state index in [4.69, 9.17) is 0 Å². The molecule has 1 aliphatic rings. The van der Waals surface area contributed by atoms with Gasteiger partial charge in [-0.25, -0.2) is 0 Å². The molecule has 2 amide bonds. The van der Waals surface area contributed by atoms with Gasteiger partial charge in [-0.05, 0) is 23.8 Å². The van der Waals surface area contributed by atoms with Gasteiger partial charge in [0.1, 0.15) is 0 Å². The number of hydrogen-bond donors (Lipinski definition) is 1. The first-order chi connectivity index (χ1) is 14.2. The molecule has 6 nitrogen and oxygen atoms in total. The van der Waals surface area contributed by atoms with Crippen LogP contribution in [0.5, 0.6) is 0 Å². The van der Waals surface area contributed by atoms with Gasteiger partial charge in [0.05, 0.1) is 12.1 Å². The number of carbonyl (C=O) groups is 2. The van der Waals surface area contributed by atoms with Gasteiger partial charge in [-0.15, -0.1) is 0 Å². The van der Waals surface area contributed by atoms with Crippen LogP contribution in [0, 0.1) is 0 Å². The van der Waals surface area contributed by atoms with Crippen molar-refractivity contribution in [3.8, 4) is 0 Å². The number of nitrogens with zero attached hydrogens (tertiary/aromatic N) is 3. The zero-order chi connectivity index (χ0) is 20.1. The fourth-order valence-corrected chi connectivity index (χ4v) is 3.65. The minimum absolute atomic E-state index is 0.0287. The highest BCUT2D eigenvalue weighted by Gasteiger charge is 2.22. The van der Waals surface area contributed by atoms with Crippen LogP contribution < -0.4 is 5.32 Å². The molecule has 6 heteroatoms. The van der Waals surface area contributed by atoms with Crippen LogP contribution in [0.2, 0.25) is 0 Å². The number of rotatable bonds is 5. The number of benzene rings is 2. The molecule has 29 heavy (non-hydrogen) atoms. The Kier molecular flexibility index (Phi) is 5.81. The van der Waals surface area contributed by atoms with Crippen molar-refractivity contribution in [2.24, 2.45) is 0 Å². The molecule has 1 aliphatic heterocycles. The third kappa shape index (κ3) is 4.60. The molecule has 148 valence electrons. The Morgan fingerprint density at radius 1 is 0.897 bits per heavy atom. The Labute approximate surface area is 170 Å². The molecule has 1 fully saturated rings. The highest BCUT2D eigenvalue weighted by atomic mass is 16.2. The van der Waals surface area contributed by atoms with Crippen LogP contribution in [-0.4, -0.2) is 59.3 Å². The Morgan fingerprint density at radius 2 is 1.66 bits per heavy atom. The molecule has 0 aliphatic carbocycles. The number of amides is 2. The molecule has 2 heterocycles. The second kappa shape index (κ2) is 8.84. The molecular formula is C23H24N4O2. The first-order valence-electron chi connectivity index (χ1n) is 9.87. The molecule has 0 spiro atoms. The minimum Gasteiger partial charge on any atom is -0.343 e. The molecule has 4 rings (SSSR count). The summed E-state index contributed by atoms with van der Waals surface area (Å²) in [5, 5.41) is 3.86. The normalized spacial score (nSPS) is 14.7. The van der Waals surface area contributed by atoms with E-state index in [0.717, 1.165) is 30.5 Å². The first-order valence-corrected chi connectivity index (χ1v) is 9.87. The fraction of sp³-hybridized carbons (Fsp3) is 0.261. The quantitative estimate of drug-likeness (QED) is 0.729. The molecular weight excluding hydrogens is 364 g/mol. The lowest BCUT2D eigenvalue weighted by Crippen LogP contribution is -2.50. The van der Waals surface area contributed by atoms with Crippen molar-refractivity contribution in [3.63, 3.8) is 0 Å². The van der Waals surface area contributed by atoms with Crippen molar-refractivity contribution in [3.05, 3.63) is 78.0 Å². The molecule has 3 aromatic rings. The van der Waals surface area contributed by atoms with Gasteiger partial charge in [0.15, 0.2) is 0 Å². The molecule has 1 saturated heterocycles. The predicted molar refractivity (Wildman–Crippen MR) is 112 cm³/mol. The van der Waals surface area contributed by atoms with E-state index < -0.39 is 0 Å². The summed E-state index contributed by atoms with van der Waals surface area (Å²) in [6.45, 7) is 3.79. The second-order valence-corrected chi connectivity index (χ2v) is 7.20. The maximum atomic E-state index is 12.5. The number of para-hydroxylation sites is 1. The fourth-order valence-electron chi connectivity index (χ4n) is 3.65. The van der Waals surface area contributed by atoms with Crippen LogP contribution in [0.1, 0.15) is 15.9 Å². The molecule has 0 saturated carbocycles. The SMILES string of the molecule is O=C(NCC(=O)N1CCN(Cc2cccc3cccnc23)CC1)c1ccccc1. The van der Waals surface area contributed by atoms with Gasteiger partial charge in [0.2, 0.25) is 5.91 Å². The molecule has 1 N–H and O–H groups in total. The highest BCUT2D eigenvalue weighted by Crippen LogP contribution is 2.18. The van der Waals surface area contributed by atoms with E-state index in [1.54, 1.807) is 24.3 Å². The number of aromatic nitrogens is 1. The van der Waals surface area contributed by atoms with Gasteiger partial charge < -0.3 is 10.2 Å². The molecule has 0 bridgehead atoms. The third-order valence-electron chi connectivity index (χ3n) is 5.27. The van der Waals surface area contributed by atoms with Crippen molar-refractivity contribution >= 4 is 22.7 Å². The molecule has 0 atom stereocenters. The largest absolute Gasteiger partial charge is 0.343 e. The number of nitrogens with one attached hydrogen (secondary N) is 1. The lowest BCUT2D eigenvalue weighted by atomic mass is 10.1. The summed E-state index contributed by atoms with van der Waals surface area (Å²) in [5.74, 6) is -0.262. The van der Waals surface area contributed by atoms with Gasteiger partial charge in [-0.3, -0.25) is 19.5 Å². The van der Waals surface area contributed by atoms with Gasteiger partial charge >= 0.3 is 0 Å². The lowest BCUT2D eigenvalue weighted by molar-refractivity contribution is -0.131. The average molecular weight is 388 g/mol. The van der Waals surface area contributed by atoms with Crippen molar-refractivity contribution in [1.29, 1.82) is 0 Å². The van der Waals surface area contributed by atoms with E-state index in [2.05, 4.69) is 39.5 Å². The second-order valence-electron chi connectivity index (χ2n) is 7.20. The number of fused-ring (bicyclic) bond motifs is 1. The van der Waals surface area contributed by atoms with Crippen LogP contribution in [-0.2, 0) is 11.3 Å². The monoisotopic (exact) mass is 388 g/mol. The summed E-state index contributed by atoms with van der Waals surface area (Å²) in [5.41, 5.74) is 2.81. The van der Waals surface area contributed by atoms with Gasteiger partial charge in [0.25, 0.3) is 5.91 Å². The van der Waals surface area contributed by atoms with Crippen LogP contribution in [0.4, 0.5) is 0 Å². The number of piperazine rings is 1. The van der Waals surface area contributed by atoms with E-state index in [1.807, 2.05) is 23.2 Å². The van der Waals surface area contributed by atoms with Crippen molar-refractivity contribution in [2.45, 2.75) is 6.54 Å². The zero-order valence-corrected chi connectivity index (χ0v) is 16.3. The van der Waals surface area contributed by atoms with Gasteiger partial charge in [-0.2, -0.15) is 0 Å². The first kappa shape index (κ1) is 19.1. The summed E-state index contributed by atoms with van der Waals surface area (Å²) in [7, 11) is 0. The third-order valence-corrected chi connectivity index (χ3v) is 5.27. The van der Waals surface area contributed by atoms with Gasteiger partial charge in [-0.1, -0.05) is 42.5 Å². The standard InChI is InChI=1S/C23H24N4O2/c28-21(16-25-23(29)19-6-2-1-3-7-19)27-14-12-26(13-15-27)17-20-9-4-8-18-10-5-11-24-22(18)20/h1-11H,12-17H2,(H,25,29). The maximum absolute atomic E-state index is 12.5. The number of hydrogen-bond acceptors (Lipinski definition) is 4. The molecule has 0 radical (unpaired) electrons. The molecule has 0 unspecified atom stereocenters. The Balaban J connectivity index is 1.28. The number of pyridine rings is 1. The Bertz CT molecular complexity index is 993. The van der Waals surface area contributed by atoms with Crippen molar-refractivity contribution in [1.82, 2.24) is 20.1 Å². The summed E-state index contributed by atoms with van der Waals surface area (Å²) >= 11 is 0. The van der Waals surface area contributed by atoms with Crippen molar-refractivity contribution < 1.29 is 9.59 Å². The highest BCUT2D eigenvalue weighted by molar-refractivity contribution is 5.96. The predicted octanol–water partition coefficient (Wildman–Crippen LogP) is 2.31. The van der Waals surface area contributed by atoms with E-state index in [1.165, 1.54) is 5.56 Å². The minimum atomic E-state index is -0.221. The van der Waals surface area contributed by atoms with Crippen LogP contribution in [0.3, 0.4) is 0 Å². The zero-order valence-electron chi connectivity index (χ0n) is 16.3. The maximum Gasteiger partial charge on any atom is 0.251 e. The smallest absolute Gasteiger partial charge is 0.251 e. The van der Waals surface area contributed by atoms with E-state index in [9.17, 15) is 9.59 Å². The summed E-state index contributed by atoms with van der Waals surface area (Å²) in [4.78, 5) is 33.2. The van der Waals surface area contributed by atoms with Crippen LogP contribution in [0.25, 0.3) is 10.9 Å². The van der Waals surface area contributed by atoms with E-state index >= 15 is 0 Å². The molecule has 1 aromatic heterocycles. The lowest BCUT2D eigenvalue weighted by Gasteiger charge is -2.35. The topological polar surface area (TPSA) is 65.5 Å². The van der Waals surface area contributed by atoms with Crippen LogP contribution >= 0.6 is 0 Å². The summed E-state index contributed by atoms with van der Waals surface area (Å²) in [6.07, 6.45) is 1.83. The number of carbonyl (C=O) groups excluding carboxylic acids is 2. The van der Waals surface area contributed by atoms with E-state index in [0.29, 0.717) is 18.7 Å². The van der Waals surface area contributed by atoms with Crippen molar-refractivity contribution in [2.75, 3.05) is 32.7 Å². The summed E-state index contributed by atoms with van der Waals surface area (Å²) in [6, 6.07) is 19.2. The Hall–Kier alpha value is -3.25. The van der Waals surface area contributed by atoms with Crippen LogP contribution in [0.15, 0.2) is 66.9 Å². The Morgan fingerprint density at radius 3 is 2.45 bits per heavy atom. The average Bonchev–Trinajstić information content (AvgIpc) is 2.78.